The Bertz CT molecular complexity index is 516. The van der Waals surface area contributed by atoms with Crippen LogP contribution < -0.4 is 15.8 Å². The number of anilines is 2. The molecule has 0 saturated carbocycles. The average Bonchev–Trinajstić information content (AvgIpc) is 2.41. The molecule has 20 heavy (non-hydrogen) atoms. The third-order valence-electron chi connectivity index (χ3n) is 3.27. The number of methoxy groups -OCH3 is 1. The Balaban J connectivity index is 1.94. The van der Waals surface area contributed by atoms with Gasteiger partial charge in [0.05, 0.1) is 19.3 Å². The lowest BCUT2D eigenvalue weighted by molar-refractivity contribution is -0.136. The quantitative estimate of drug-likeness (QED) is 0.811. The van der Waals surface area contributed by atoms with E-state index in [1.165, 1.54) is 7.11 Å². The molecule has 1 aliphatic rings. The van der Waals surface area contributed by atoms with E-state index in [-0.39, 0.29) is 18.4 Å². The Hall–Kier alpha value is -2.24. The number of carbonyl (C=O) groups is 2. The molecule has 1 heterocycles. The first-order valence-corrected chi connectivity index (χ1v) is 6.61. The molecule has 108 valence electrons. The Kier molecular flexibility index (Phi) is 4.45. The average molecular weight is 277 g/mol. The first-order valence-electron chi connectivity index (χ1n) is 6.61. The predicted octanol–water partition coefficient (Wildman–Crippen LogP) is 1.23. The molecule has 0 unspecified atom stereocenters. The van der Waals surface area contributed by atoms with Gasteiger partial charge in [-0.15, -0.1) is 0 Å². The van der Waals surface area contributed by atoms with E-state index in [0.717, 1.165) is 12.8 Å². The first-order chi connectivity index (χ1) is 9.60. The topological polar surface area (TPSA) is 84.7 Å². The molecule has 1 saturated heterocycles. The molecule has 1 aromatic rings. The summed E-state index contributed by atoms with van der Waals surface area (Å²) >= 11 is 0. The van der Waals surface area contributed by atoms with E-state index in [9.17, 15) is 9.59 Å². The minimum atomic E-state index is -0.218. The summed E-state index contributed by atoms with van der Waals surface area (Å²) in [4.78, 5) is 25.1. The number of benzene rings is 1. The molecule has 0 aliphatic carbocycles. The van der Waals surface area contributed by atoms with Crippen LogP contribution in [-0.4, -0.2) is 36.9 Å². The number of nitrogen functional groups attached to an aromatic ring is 1. The molecular weight excluding hydrogens is 258 g/mol. The second kappa shape index (κ2) is 6.27. The summed E-state index contributed by atoms with van der Waals surface area (Å²) in [7, 11) is 1.53. The molecule has 6 nitrogen and oxygen atoms in total. The fraction of sp³-hybridized carbons (Fsp3) is 0.429. The number of nitrogens with zero attached hydrogens (tertiary/aromatic N) is 1. The molecule has 0 radical (unpaired) electrons. The number of nitrogens with one attached hydrogen (secondary N) is 1. The molecule has 1 aliphatic heterocycles. The maximum absolute atomic E-state index is 11.9. The molecular formula is C14H19N3O3. The summed E-state index contributed by atoms with van der Waals surface area (Å²) in [6, 6.07) is 5.04. The highest BCUT2D eigenvalue weighted by Gasteiger charge is 2.20. The third kappa shape index (κ3) is 3.40. The van der Waals surface area contributed by atoms with Crippen LogP contribution in [0, 0.1) is 0 Å². The maximum Gasteiger partial charge on any atom is 0.243 e. The summed E-state index contributed by atoms with van der Waals surface area (Å²) in [6.07, 6.45) is 2.39. The van der Waals surface area contributed by atoms with Crippen LogP contribution in [0.5, 0.6) is 5.75 Å². The lowest BCUT2D eigenvalue weighted by atomic mass is 10.1. The van der Waals surface area contributed by atoms with Gasteiger partial charge in [0.15, 0.2) is 0 Å². The van der Waals surface area contributed by atoms with Crippen molar-refractivity contribution in [2.24, 2.45) is 0 Å². The van der Waals surface area contributed by atoms with Crippen molar-refractivity contribution in [3.63, 3.8) is 0 Å². The zero-order valence-corrected chi connectivity index (χ0v) is 11.5. The van der Waals surface area contributed by atoms with Crippen molar-refractivity contribution in [2.75, 3.05) is 31.2 Å². The minimum absolute atomic E-state index is 0.0423. The Morgan fingerprint density at radius 1 is 1.45 bits per heavy atom. The van der Waals surface area contributed by atoms with E-state index in [0.29, 0.717) is 30.1 Å². The van der Waals surface area contributed by atoms with E-state index in [1.807, 2.05) is 0 Å². The highest BCUT2D eigenvalue weighted by molar-refractivity contribution is 5.95. The fourth-order valence-corrected chi connectivity index (χ4v) is 2.21. The van der Waals surface area contributed by atoms with Crippen LogP contribution in [0.4, 0.5) is 11.4 Å². The number of hydrogen-bond acceptors (Lipinski definition) is 4. The number of likely N-dealkylation sites (tertiary alicyclic amines) is 1. The number of hydrogen-bond donors (Lipinski definition) is 2. The van der Waals surface area contributed by atoms with Gasteiger partial charge in [0.25, 0.3) is 0 Å². The molecule has 0 aromatic heterocycles. The normalized spacial score (nSPS) is 15.1. The molecule has 1 fully saturated rings. The van der Waals surface area contributed by atoms with Gasteiger partial charge in [-0.05, 0) is 31.0 Å². The van der Waals surface area contributed by atoms with Gasteiger partial charge in [0, 0.05) is 18.7 Å². The van der Waals surface area contributed by atoms with Crippen LogP contribution in [0.2, 0.25) is 0 Å². The van der Waals surface area contributed by atoms with Crippen molar-refractivity contribution in [3.05, 3.63) is 18.2 Å². The van der Waals surface area contributed by atoms with Gasteiger partial charge in [-0.3, -0.25) is 9.59 Å². The van der Waals surface area contributed by atoms with E-state index in [4.69, 9.17) is 10.5 Å². The number of amides is 2. The van der Waals surface area contributed by atoms with Crippen molar-refractivity contribution >= 4 is 23.2 Å². The molecule has 6 heteroatoms. The highest BCUT2D eigenvalue weighted by atomic mass is 16.5. The van der Waals surface area contributed by atoms with Crippen molar-refractivity contribution in [1.29, 1.82) is 0 Å². The van der Waals surface area contributed by atoms with Gasteiger partial charge in [-0.1, -0.05) is 0 Å². The zero-order chi connectivity index (χ0) is 14.5. The molecule has 0 bridgehead atoms. The number of piperidine rings is 1. The molecule has 1 aromatic carbocycles. The lowest BCUT2D eigenvalue weighted by Crippen LogP contribution is -2.40. The van der Waals surface area contributed by atoms with Gasteiger partial charge in [0.1, 0.15) is 5.75 Å². The molecule has 0 spiro atoms. The summed E-state index contributed by atoms with van der Waals surface area (Å²) in [5.74, 6) is 0.389. The van der Waals surface area contributed by atoms with Gasteiger partial charge in [-0.2, -0.15) is 0 Å². The fourth-order valence-electron chi connectivity index (χ4n) is 2.21. The number of rotatable bonds is 4. The Morgan fingerprint density at radius 3 is 2.90 bits per heavy atom. The van der Waals surface area contributed by atoms with Crippen molar-refractivity contribution < 1.29 is 14.3 Å². The maximum atomic E-state index is 11.9. The summed E-state index contributed by atoms with van der Waals surface area (Å²) < 4.78 is 5.05. The largest absolute Gasteiger partial charge is 0.495 e. The van der Waals surface area contributed by atoms with Gasteiger partial charge in [-0.25, -0.2) is 0 Å². The van der Waals surface area contributed by atoms with Crippen molar-refractivity contribution in [3.8, 4) is 5.75 Å². The molecule has 2 amide bonds. The smallest absolute Gasteiger partial charge is 0.243 e. The van der Waals surface area contributed by atoms with Crippen LogP contribution in [0.3, 0.4) is 0 Å². The van der Waals surface area contributed by atoms with Gasteiger partial charge in [0.2, 0.25) is 11.8 Å². The third-order valence-corrected chi connectivity index (χ3v) is 3.27. The van der Waals surface area contributed by atoms with Crippen LogP contribution in [0.1, 0.15) is 19.3 Å². The standard InChI is InChI=1S/C14H19N3O3/c1-20-12-6-5-10(8-11(12)15)16-13(18)9-17-7-3-2-4-14(17)19/h5-6,8H,2-4,7,9,15H2,1H3,(H,16,18). The van der Waals surface area contributed by atoms with E-state index in [1.54, 1.807) is 23.1 Å². The lowest BCUT2D eigenvalue weighted by Gasteiger charge is -2.26. The Labute approximate surface area is 117 Å². The van der Waals surface area contributed by atoms with Crippen molar-refractivity contribution in [1.82, 2.24) is 4.90 Å². The minimum Gasteiger partial charge on any atom is -0.495 e. The van der Waals surface area contributed by atoms with Crippen LogP contribution in [0.25, 0.3) is 0 Å². The molecule has 3 N–H and O–H groups in total. The summed E-state index contributed by atoms with van der Waals surface area (Å²) in [5.41, 5.74) is 6.83. The first kappa shape index (κ1) is 14.2. The van der Waals surface area contributed by atoms with E-state index in [2.05, 4.69) is 5.32 Å². The van der Waals surface area contributed by atoms with Crippen LogP contribution in [-0.2, 0) is 9.59 Å². The number of nitrogens with two attached hydrogens (primary N) is 1. The molecule has 2 rings (SSSR count). The molecule has 0 atom stereocenters. The zero-order valence-electron chi connectivity index (χ0n) is 11.5. The second-order valence-electron chi connectivity index (χ2n) is 4.78. The summed E-state index contributed by atoms with van der Waals surface area (Å²) in [5, 5.41) is 2.73. The number of carbonyl (C=O) groups excluding carboxylic acids is 2. The van der Waals surface area contributed by atoms with Gasteiger partial charge < -0.3 is 20.7 Å². The van der Waals surface area contributed by atoms with Crippen LogP contribution >= 0.6 is 0 Å². The monoisotopic (exact) mass is 277 g/mol. The van der Waals surface area contributed by atoms with Gasteiger partial charge >= 0.3 is 0 Å². The predicted molar refractivity (Wildman–Crippen MR) is 76.5 cm³/mol. The van der Waals surface area contributed by atoms with E-state index < -0.39 is 0 Å². The summed E-state index contributed by atoms with van der Waals surface area (Å²) in [6.45, 7) is 0.738. The van der Waals surface area contributed by atoms with Crippen LogP contribution in [0.15, 0.2) is 18.2 Å². The Morgan fingerprint density at radius 2 is 2.25 bits per heavy atom. The number of ether oxygens (including phenoxy) is 1. The SMILES string of the molecule is COc1ccc(NC(=O)CN2CCCCC2=O)cc1N. The van der Waals surface area contributed by atoms with E-state index >= 15 is 0 Å². The van der Waals surface area contributed by atoms with Crippen molar-refractivity contribution in [2.45, 2.75) is 19.3 Å². The second-order valence-corrected chi connectivity index (χ2v) is 4.78. The highest BCUT2D eigenvalue weighted by Crippen LogP contribution is 2.24.